The molecule has 1 atom stereocenters. The van der Waals surface area contributed by atoms with E-state index in [2.05, 4.69) is 10.3 Å². The summed E-state index contributed by atoms with van der Waals surface area (Å²) in [4.78, 5) is 4.11. The molecule has 5 nitrogen and oxygen atoms in total. The predicted octanol–water partition coefficient (Wildman–Crippen LogP) is 1.36. The van der Waals surface area contributed by atoms with E-state index in [0.717, 1.165) is 24.9 Å². The van der Waals surface area contributed by atoms with E-state index in [4.69, 9.17) is 0 Å². The summed E-state index contributed by atoms with van der Waals surface area (Å²) in [6, 6.07) is 3.50. The number of aromatic nitrogens is 1. The average molecular weight is 283 g/mol. The molecule has 1 saturated heterocycles. The van der Waals surface area contributed by atoms with E-state index in [0.29, 0.717) is 13.1 Å². The third kappa shape index (κ3) is 3.13. The Morgan fingerprint density at radius 2 is 2.26 bits per heavy atom. The topological polar surface area (TPSA) is 62.3 Å². The molecule has 0 amide bonds. The van der Waals surface area contributed by atoms with E-state index in [-0.39, 0.29) is 11.1 Å². The van der Waals surface area contributed by atoms with Gasteiger partial charge in [0.1, 0.15) is 0 Å². The summed E-state index contributed by atoms with van der Waals surface area (Å²) in [5.41, 5.74) is 0.996. The molecule has 1 unspecified atom stereocenters. The molecule has 0 spiro atoms. The summed E-state index contributed by atoms with van der Waals surface area (Å²) in [5, 5.41) is 3.34. The van der Waals surface area contributed by atoms with E-state index < -0.39 is 10.0 Å². The first kappa shape index (κ1) is 14.4. The Labute approximate surface area is 115 Å². The highest BCUT2D eigenvalue weighted by molar-refractivity contribution is 7.89. The van der Waals surface area contributed by atoms with Gasteiger partial charge < -0.3 is 5.32 Å². The Bertz CT molecular complexity index is 513. The number of rotatable bonds is 5. The maximum atomic E-state index is 12.4. The molecule has 2 heterocycles. The quantitative estimate of drug-likeness (QED) is 0.886. The number of nitrogens with one attached hydrogen (secondary N) is 1. The fourth-order valence-corrected chi connectivity index (χ4v) is 3.94. The molecule has 19 heavy (non-hydrogen) atoms. The molecule has 2 rings (SSSR count). The van der Waals surface area contributed by atoms with Gasteiger partial charge in [-0.25, -0.2) is 13.4 Å². The predicted molar refractivity (Wildman–Crippen MR) is 74.2 cm³/mol. The molecule has 0 aromatic carbocycles. The molecule has 1 aromatic heterocycles. The van der Waals surface area contributed by atoms with Crippen LogP contribution in [0.4, 0.5) is 0 Å². The Hall–Kier alpha value is -0.980. The summed E-state index contributed by atoms with van der Waals surface area (Å²) in [5.74, 6) is 0. The van der Waals surface area contributed by atoms with Crippen LogP contribution in [0, 0.1) is 0 Å². The maximum absolute atomic E-state index is 12.4. The molecule has 6 heteroatoms. The van der Waals surface area contributed by atoms with E-state index in [1.807, 2.05) is 19.9 Å². The zero-order valence-electron chi connectivity index (χ0n) is 11.5. The van der Waals surface area contributed by atoms with Crippen LogP contribution in [0.25, 0.3) is 0 Å². The van der Waals surface area contributed by atoms with Crippen molar-refractivity contribution in [2.24, 2.45) is 0 Å². The van der Waals surface area contributed by atoms with Gasteiger partial charge in [0, 0.05) is 25.3 Å². The molecular weight excluding hydrogens is 262 g/mol. The van der Waals surface area contributed by atoms with Crippen LogP contribution < -0.4 is 5.32 Å². The van der Waals surface area contributed by atoms with E-state index in [9.17, 15) is 8.42 Å². The first-order valence-corrected chi connectivity index (χ1v) is 8.17. The SMILES string of the molecule is CCNCc1ccc(S(=O)(=O)N2CCCC2C)nc1. The van der Waals surface area contributed by atoms with Gasteiger partial charge in [0.15, 0.2) is 5.03 Å². The molecule has 1 N–H and O–H groups in total. The Balaban J connectivity index is 2.16. The fraction of sp³-hybridized carbons (Fsp3) is 0.615. The van der Waals surface area contributed by atoms with Crippen molar-refractivity contribution in [1.29, 1.82) is 0 Å². The highest BCUT2D eigenvalue weighted by Crippen LogP contribution is 2.24. The molecule has 0 saturated carbocycles. The van der Waals surface area contributed by atoms with E-state index in [1.165, 1.54) is 0 Å². The lowest BCUT2D eigenvalue weighted by molar-refractivity contribution is 0.406. The number of hydrogen-bond acceptors (Lipinski definition) is 4. The summed E-state index contributed by atoms with van der Waals surface area (Å²) in [7, 11) is -3.42. The Morgan fingerprint density at radius 1 is 1.47 bits per heavy atom. The van der Waals surface area contributed by atoms with Crippen molar-refractivity contribution in [2.45, 2.75) is 44.3 Å². The Morgan fingerprint density at radius 3 is 2.79 bits per heavy atom. The van der Waals surface area contributed by atoms with Gasteiger partial charge in [-0.2, -0.15) is 4.31 Å². The highest BCUT2D eigenvalue weighted by Gasteiger charge is 2.33. The van der Waals surface area contributed by atoms with Gasteiger partial charge in [-0.1, -0.05) is 13.0 Å². The average Bonchev–Trinajstić information content (AvgIpc) is 2.84. The molecule has 106 valence electrons. The number of sulfonamides is 1. The molecular formula is C13H21N3O2S. The van der Waals surface area contributed by atoms with Crippen molar-refractivity contribution in [2.75, 3.05) is 13.1 Å². The zero-order valence-corrected chi connectivity index (χ0v) is 12.3. The third-order valence-electron chi connectivity index (χ3n) is 3.44. The van der Waals surface area contributed by atoms with Crippen molar-refractivity contribution in [3.05, 3.63) is 23.9 Å². The molecule has 1 fully saturated rings. The van der Waals surface area contributed by atoms with Gasteiger partial charge in [-0.3, -0.25) is 0 Å². The second-order valence-electron chi connectivity index (χ2n) is 4.89. The number of hydrogen-bond donors (Lipinski definition) is 1. The van der Waals surface area contributed by atoms with Gasteiger partial charge in [0.2, 0.25) is 0 Å². The Kier molecular flexibility index (Phi) is 4.54. The highest BCUT2D eigenvalue weighted by atomic mass is 32.2. The van der Waals surface area contributed by atoms with Gasteiger partial charge in [0.05, 0.1) is 0 Å². The van der Waals surface area contributed by atoms with Crippen LogP contribution >= 0.6 is 0 Å². The van der Waals surface area contributed by atoms with Gasteiger partial charge >= 0.3 is 0 Å². The largest absolute Gasteiger partial charge is 0.313 e. The van der Waals surface area contributed by atoms with Crippen LogP contribution in [0.5, 0.6) is 0 Å². The number of nitrogens with zero attached hydrogens (tertiary/aromatic N) is 2. The summed E-state index contributed by atoms with van der Waals surface area (Å²) >= 11 is 0. The molecule has 0 aliphatic carbocycles. The minimum atomic E-state index is -3.42. The lowest BCUT2D eigenvalue weighted by Crippen LogP contribution is -2.34. The van der Waals surface area contributed by atoms with Crippen LogP contribution in [0.2, 0.25) is 0 Å². The smallest absolute Gasteiger partial charge is 0.260 e. The minimum absolute atomic E-state index is 0.0771. The first-order valence-electron chi connectivity index (χ1n) is 6.73. The van der Waals surface area contributed by atoms with Crippen molar-refractivity contribution in [1.82, 2.24) is 14.6 Å². The maximum Gasteiger partial charge on any atom is 0.260 e. The zero-order chi connectivity index (χ0) is 13.9. The van der Waals surface area contributed by atoms with E-state index >= 15 is 0 Å². The third-order valence-corrected chi connectivity index (χ3v) is 5.37. The first-order chi connectivity index (χ1) is 9.05. The second kappa shape index (κ2) is 5.98. The van der Waals surface area contributed by atoms with Crippen molar-refractivity contribution in [3.8, 4) is 0 Å². The standard InChI is InChI=1S/C13H21N3O2S/c1-3-14-9-12-6-7-13(15-10-12)19(17,18)16-8-4-5-11(16)2/h6-7,10-11,14H,3-5,8-9H2,1-2H3. The molecule has 1 aliphatic rings. The number of pyridine rings is 1. The van der Waals surface area contributed by atoms with Crippen LogP contribution in [0.1, 0.15) is 32.3 Å². The lowest BCUT2D eigenvalue weighted by atomic mass is 10.3. The van der Waals surface area contributed by atoms with Gasteiger partial charge in [-0.05, 0) is 37.9 Å². The van der Waals surface area contributed by atoms with Gasteiger partial charge in [0.25, 0.3) is 10.0 Å². The summed E-state index contributed by atoms with van der Waals surface area (Å²) in [6.07, 6.45) is 3.49. The lowest BCUT2D eigenvalue weighted by Gasteiger charge is -2.20. The van der Waals surface area contributed by atoms with Crippen molar-refractivity contribution < 1.29 is 8.42 Å². The van der Waals surface area contributed by atoms with Crippen molar-refractivity contribution in [3.63, 3.8) is 0 Å². The fourth-order valence-electron chi connectivity index (χ4n) is 2.32. The summed E-state index contributed by atoms with van der Waals surface area (Å²) in [6.45, 7) is 6.17. The van der Waals surface area contributed by atoms with Crippen LogP contribution in [0.15, 0.2) is 23.4 Å². The van der Waals surface area contributed by atoms with Crippen LogP contribution in [-0.4, -0.2) is 36.8 Å². The monoisotopic (exact) mass is 283 g/mol. The molecule has 0 bridgehead atoms. The molecule has 1 aliphatic heterocycles. The molecule has 0 radical (unpaired) electrons. The van der Waals surface area contributed by atoms with Gasteiger partial charge in [-0.15, -0.1) is 0 Å². The van der Waals surface area contributed by atoms with Crippen LogP contribution in [-0.2, 0) is 16.6 Å². The normalized spacial score (nSPS) is 20.8. The second-order valence-corrected chi connectivity index (χ2v) is 6.73. The van der Waals surface area contributed by atoms with E-state index in [1.54, 1.807) is 16.6 Å². The van der Waals surface area contributed by atoms with Crippen molar-refractivity contribution >= 4 is 10.0 Å². The molecule has 1 aromatic rings. The summed E-state index contributed by atoms with van der Waals surface area (Å²) < 4.78 is 26.4. The van der Waals surface area contributed by atoms with Crippen LogP contribution in [0.3, 0.4) is 0 Å². The minimum Gasteiger partial charge on any atom is -0.313 e.